The molecule has 4 nitrogen and oxygen atoms in total. The molecular weight excluding hydrogens is 271 g/mol. The van der Waals surface area contributed by atoms with Gasteiger partial charge in [-0.3, -0.25) is 0 Å². The molecule has 1 heterocycles. The molecule has 0 aliphatic heterocycles. The highest BCUT2D eigenvalue weighted by molar-refractivity contribution is 6.36. The van der Waals surface area contributed by atoms with Crippen molar-refractivity contribution < 1.29 is 0 Å². The number of hydrogen-bond acceptors (Lipinski definition) is 3. The Labute approximate surface area is 114 Å². The van der Waals surface area contributed by atoms with Crippen LogP contribution in [0.3, 0.4) is 0 Å². The Balaban J connectivity index is 2.02. The molecule has 0 radical (unpaired) electrons. The summed E-state index contributed by atoms with van der Waals surface area (Å²) in [5.41, 5.74) is 0.707. The van der Waals surface area contributed by atoms with E-state index >= 15 is 0 Å². The van der Waals surface area contributed by atoms with E-state index in [1.807, 2.05) is 6.07 Å². The molecule has 1 aliphatic rings. The molecule has 1 saturated carbocycles. The predicted molar refractivity (Wildman–Crippen MR) is 71.7 cm³/mol. The molecule has 2 aromatic rings. The number of hydrogen-bond donors (Lipinski definition) is 0. The maximum atomic E-state index is 6.12. The average Bonchev–Trinajstić information content (AvgIpc) is 3.03. The maximum Gasteiger partial charge on any atom is 0.138 e. The Bertz CT molecular complexity index is 588. The second kappa shape index (κ2) is 4.71. The molecular formula is C12H10Cl2N4. The Hall–Kier alpha value is -1.39. The van der Waals surface area contributed by atoms with Crippen molar-refractivity contribution in [1.29, 1.82) is 0 Å². The zero-order valence-corrected chi connectivity index (χ0v) is 10.9. The van der Waals surface area contributed by atoms with Crippen LogP contribution in [0.4, 0.5) is 5.69 Å². The SMILES string of the molecule is Clc1ccc(N=C(C2CC2)n2cncn2)c(Cl)c1. The van der Waals surface area contributed by atoms with E-state index in [9.17, 15) is 0 Å². The fourth-order valence-electron chi connectivity index (χ4n) is 1.69. The third-order valence-electron chi connectivity index (χ3n) is 2.74. The molecule has 1 aliphatic carbocycles. The van der Waals surface area contributed by atoms with Crippen molar-refractivity contribution in [2.24, 2.45) is 10.9 Å². The van der Waals surface area contributed by atoms with Gasteiger partial charge in [0.25, 0.3) is 0 Å². The van der Waals surface area contributed by atoms with Gasteiger partial charge in [-0.25, -0.2) is 14.7 Å². The van der Waals surface area contributed by atoms with Gasteiger partial charge >= 0.3 is 0 Å². The van der Waals surface area contributed by atoms with Crippen molar-refractivity contribution >= 4 is 34.7 Å². The summed E-state index contributed by atoms with van der Waals surface area (Å²) < 4.78 is 1.70. The lowest BCUT2D eigenvalue weighted by Crippen LogP contribution is -2.14. The average molecular weight is 281 g/mol. The molecule has 3 rings (SSSR count). The summed E-state index contributed by atoms with van der Waals surface area (Å²) in [6, 6.07) is 5.27. The van der Waals surface area contributed by atoms with E-state index in [-0.39, 0.29) is 0 Å². The van der Waals surface area contributed by atoms with Crippen LogP contribution in [0, 0.1) is 5.92 Å². The number of aliphatic imine (C=N–C) groups is 1. The van der Waals surface area contributed by atoms with Crippen LogP contribution in [0.1, 0.15) is 12.8 Å². The molecule has 92 valence electrons. The molecule has 18 heavy (non-hydrogen) atoms. The second-order valence-corrected chi connectivity index (χ2v) is 5.02. The van der Waals surface area contributed by atoms with Gasteiger partial charge < -0.3 is 0 Å². The monoisotopic (exact) mass is 280 g/mol. The first-order chi connectivity index (χ1) is 8.74. The van der Waals surface area contributed by atoms with Crippen molar-refractivity contribution in [3.8, 4) is 0 Å². The molecule has 0 spiro atoms. The molecule has 0 amide bonds. The Kier molecular flexibility index (Phi) is 3.06. The fourth-order valence-corrected chi connectivity index (χ4v) is 2.14. The molecule has 0 bridgehead atoms. The molecule has 1 fully saturated rings. The summed E-state index contributed by atoms with van der Waals surface area (Å²) in [5.74, 6) is 1.33. The van der Waals surface area contributed by atoms with Gasteiger partial charge in [0, 0.05) is 10.9 Å². The van der Waals surface area contributed by atoms with Gasteiger partial charge in [-0.05, 0) is 31.0 Å². The summed E-state index contributed by atoms with van der Waals surface area (Å²) >= 11 is 12.0. The summed E-state index contributed by atoms with van der Waals surface area (Å²) in [6.45, 7) is 0. The highest BCUT2D eigenvalue weighted by atomic mass is 35.5. The van der Waals surface area contributed by atoms with Crippen LogP contribution in [0.2, 0.25) is 10.0 Å². The van der Waals surface area contributed by atoms with Crippen molar-refractivity contribution in [3.63, 3.8) is 0 Å². The first-order valence-electron chi connectivity index (χ1n) is 5.62. The summed E-state index contributed by atoms with van der Waals surface area (Å²) in [4.78, 5) is 8.54. The lowest BCUT2D eigenvalue weighted by Gasteiger charge is -2.05. The predicted octanol–water partition coefficient (Wildman–Crippen LogP) is 3.57. The second-order valence-electron chi connectivity index (χ2n) is 4.18. The number of rotatable bonds is 2. The van der Waals surface area contributed by atoms with Crippen LogP contribution in [-0.2, 0) is 0 Å². The van der Waals surface area contributed by atoms with Crippen molar-refractivity contribution in [3.05, 3.63) is 40.9 Å². The van der Waals surface area contributed by atoms with Gasteiger partial charge in [0.2, 0.25) is 0 Å². The molecule has 0 N–H and O–H groups in total. The third kappa shape index (κ3) is 2.40. The van der Waals surface area contributed by atoms with Gasteiger partial charge in [-0.15, -0.1) is 0 Å². The number of benzene rings is 1. The highest BCUT2D eigenvalue weighted by Crippen LogP contribution is 2.34. The smallest absolute Gasteiger partial charge is 0.138 e. The first-order valence-corrected chi connectivity index (χ1v) is 6.38. The van der Waals surface area contributed by atoms with Crippen molar-refractivity contribution in [1.82, 2.24) is 14.8 Å². The number of aromatic nitrogens is 3. The van der Waals surface area contributed by atoms with Gasteiger partial charge in [-0.2, -0.15) is 5.10 Å². The Morgan fingerprint density at radius 2 is 2.17 bits per heavy atom. The molecule has 0 saturated heterocycles. The minimum Gasteiger partial charge on any atom is -0.232 e. The van der Waals surface area contributed by atoms with Gasteiger partial charge in [0.1, 0.15) is 18.5 Å². The quantitative estimate of drug-likeness (QED) is 0.623. The van der Waals surface area contributed by atoms with Crippen LogP contribution >= 0.6 is 23.2 Å². The summed E-state index contributed by atoms with van der Waals surface area (Å²) in [6.07, 6.45) is 5.41. The minimum absolute atomic E-state index is 0.443. The maximum absolute atomic E-state index is 6.12. The van der Waals surface area contributed by atoms with Crippen LogP contribution in [0.15, 0.2) is 35.8 Å². The zero-order chi connectivity index (χ0) is 12.5. The van der Waals surface area contributed by atoms with Crippen LogP contribution < -0.4 is 0 Å². The summed E-state index contributed by atoms with van der Waals surface area (Å²) in [5, 5.41) is 5.27. The third-order valence-corrected chi connectivity index (χ3v) is 3.28. The Morgan fingerprint density at radius 1 is 1.33 bits per heavy atom. The van der Waals surface area contributed by atoms with E-state index in [0.29, 0.717) is 21.7 Å². The molecule has 0 unspecified atom stereocenters. The van der Waals surface area contributed by atoms with Crippen LogP contribution in [0.5, 0.6) is 0 Å². The normalized spacial score (nSPS) is 16.0. The van der Waals surface area contributed by atoms with Gasteiger partial charge in [-0.1, -0.05) is 23.2 Å². The topological polar surface area (TPSA) is 43.1 Å². The highest BCUT2D eigenvalue weighted by Gasteiger charge is 2.29. The van der Waals surface area contributed by atoms with Gasteiger partial charge in [0.15, 0.2) is 0 Å². The molecule has 6 heteroatoms. The number of nitrogens with zero attached hydrogens (tertiary/aromatic N) is 4. The largest absolute Gasteiger partial charge is 0.232 e. The lowest BCUT2D eigenvalue weighted by atomic mass is 10.3. The number of halogens is 2. The minimum atomic E-state index is 0.443. The molecule has 0 atom stereocenters. The van der Waals surface area contributed by atoms with E-state index in [1.54, 1.807) is 23.1 Å². The van der Waals surface area contributed by atoms with E-state index in [2.05, 4.69) is 15.1 Å². The first kappa shape index (κ1) is 11.7. The van der Waals surface area contributed by atoms with Crippen LogP contribution in [-0.4, -0.2) is 20.6 Å². The molecule has 1 aromatic carbocycles. The standard InChI is InChI=1S/C12H10Cl2N4/c13-9-3-4-11(10(14)5-9)17-12(8-1-2-8)18-7-15-6-16-18/h3-8H,1-2H2. The lowest BCUT2D eigenvalue weighted by molar-refractivity contribution is 0.882. The Morgan fingerprint density at radius 3 is 2.78 bits per heavy atom. The van der Waals surface area contributed by atoms with Crippen molar-refractivity contribution in [2.45, 2.75) is 12.8 Å². The van der Waals surface area contributed by atoms with E-state index < -0.39 is 0 Å². The van der Waals surface area contributed by atoms with E-state index in [1.165, 1.54) is 6.33 Å². The van der Waals surface area contributed by atoms with Gasteiger partial charge in [0.05, 0.1) is 10.7 Å². The van der Waals surface area contributed by atoms with Crippen molar-refractivity contribution in [2.75, 3.05) is 0 Å². The fraction of sp³-hybridized carbons (Fsp3) is 0.250. The molecule has 1 aromatic heterocycles. The van der Waals surface area contributed by atoms with E-state index in [4.69, 9.17) is 23.2 Å². The van der Waals surface area contributed by atoms with Crippen LogP contribution in [0.25, 0.3) is 0 Å². The summed E-state index contributed by atoms with van der Waals surface area (Å²) in [7, 11) is 0. The van der Waals surface area contributed by atoms with E-state index in [0.717, 1.165) is 18.7 Å². The zero-order valence-electron chi connectivity index (χ0n) is 9.42.